The molecule has 0 aromatic carbocycles. The molecule has 2 rings (SSSR count). The molecule has 0 saturated carbocycles. The van der Waals surface area contributed by atoms with Gasteiger partial charge in [-0.2, -0.15) is 0 Å². The van der Waals surface area contributed by atoms with Gasteiger partial charge in [0.05, 0.1) is 10.7 Å². The first kappa shape index (κ1) is 8.63. The highest BCUT2D eigenvalue weighted by atomic mass is 35.5. The minimum absolute atomic E-state index is 0.531. The highest BCUT2D eigenvalue weighted by Gasteiger charge is 2.13. The maximum absolute atomic E-state index is 5.78. The molecule has 13 heavy (non-hydrogen) atoms. The van der Waals surface area contributed by atoms with E-state index in [1.54, 1.807) is 6.20 Å². The van der Waals surface area contributed by atoms with Crippen LogP contribution in [0.3, 0.4) is 0 Å². The molecule has 0 spiro atoms. The Bertz CT molecular complexity index is 308. The average Bonchev–Trinajstić information content (AvgIpc) is 2.62. The normalized spacial score (nSPS) is 16.5. The Labute approximate surface area is 82.5 Å². The molecule has 70 valence electrons. The number of pyridine rings is 1. The third-order valence-corrected chi connectivity index (χ3v) is 2.62. The van der Waals surface area contributed by atoms with Crippen LogP contribution in [0.4, 0.5) is 11.5 Å². The Hall–Kier alpha value is -0.960. The maximum Gasteiger partial charge on any atom is 0.130 e. The molecular weight excluding hydrogens is 186 g/mol. The zero-order chi connectivity index (χ0) is 9.26. The lowest BCUT2D eigenvalue weighted by Crippen LogP contribution is -2.18. The van der Waals surface area contributed by atoms with Crippen LogP contribution in [0.1, 0.15) is 12.8 Å². The number of nitrogen functional groups attached to an aromatic ring is 1. The molecule has 4 heteroatoms. The van der Waals surface area contributed by atoms with E-state index in [9.17, 15) is 0 Å². The van der Waals surface area contributed by atoms with Gasteiger partial charge < -0.3 is 10.6 Å². The van der Waals surface area contributed by atoms with Crippen molar-refractivity contribution in [2.24, 2.45) is 0 Å². The summed E-state index contributed by atoms with van der Waals surface area (Å²) < 4.78 is 0. The van der Waals surface area contributed by atoms with Gasteiger partial charge in [-0.25, -0.2) is 4.98 Å². The Morgan fingerprint density at radius 2 is 2.08 bits per heavy atom. The summed E-state index contributed by atoms with van der Waals surface area (Å²) in [7, 11) is 0. The van der Waals surface area contributed by atoms with Gasteiger partial charge in [0.1, 0.15) is 5.82 Å². The number of hydrogen-bond acceptors (Lipinski definition) is 3. The summed E-state index contributed by atoms with van der Waals surface area (Å²) in [5, 5.41) is 0.531. The highest BCUT2D eigenvalue weighted by Crippen LogP contribution is 2.24. The Morgan fingerprint density at radius 1 is 1.38 bits per heavy atom. The van der Waals surface area contributed by atoms with Crippen LogP contribution >= 0.6 is 11.6 Å². The van der Waals surface area contributed by atoms with E-state index in [0.717, 1.165) is 18.9 Å². The summed E-state index contributed by atoms with van der Waals surface area (Å²) in [6, 6.07) is 1.84. The largest absolute Gasteiger partial charge is 0.397 e. The first-order valence-electron chi connectivity index (χ1n) is 4.43. The second-order valence-electron chi connectivity index (χ2n) is 3.26. The van der Waals surface area contributed by atoms with Crippen molar-refractivity contribution in [1.82, 2.24) is 4.98 Å². The fourth-order valence-electron chi connectivity index (χ4n) is 1.56. The Kier molecular flexibility index (Phi) is 2.27. The third-order valence-electron chi connectivity index (χ3n) is 2.30. The first-order valence-corrected chi connectivity index (χ1v) is 4.81. The fraction of sp³-hybridized carbons (Fsp3) is 0.444. The predicted molar refractivity (Wildman–Crippen MR) is 55.1 cm³/mol. The van der Waals surface area contributed by atoms with Crippen LogP contribution in [0.25, 0.3) is 0 Å². The molecule has 2 N–H and O–H groups in total. The number of rotatable bonds is 1. The molecular formula is C9H12ClN3. The summed E-state index contributed by atoms with van der Waals surface area (Å²) in [6.45, 7) is 2.15. The smallest absolute Gasteiger partial charge is 0.130 e. The maximum atomic E-state index is 5.78. The predicted octanol–water partition coefficient (Wildman–Crippen LogP) is 1.92. The van der Waals surface area contributed by atoms with E-state index < -0.39 is 0 Å². The number of halogens is 1. The molecule has 1 aromatic rings. The molecule has 1 fully saturated rings. The lowest BCUT2D eigenvalue weighted by Gasteiger charge is -2.16. The van der Waals surface area contributed by atoms with Crippen LogP contribution in [0.2, 0.25) is 5.02 Å². The minimum Gasteiger partial charge on any atom is -0.397 e. The van der Waals surface area contributed by atoms with Crippen LogP contribution in [-0.2, 0) is 0 Å². The molecule has 1 saturated heterocycles. The lowest BCUT2D eigenvalue weighted by molar-refractivity contribution is 0.938. The molecule has 1 aromatic heterocycles. The summed E-state index contributed by atoms with van der Waals surface area (Å²) in [5.74, 6) is 0.944. The van der Waals surface area contributed by atoms with Gasteiger partial charge in [0, 0.05) is 25.4 Å². The zero-order valence-electron chi connectivity index (χ0n) is 7.33. The summed E-state index contributed by atoms with van der Waals surface area (Å²) in [5.41, 5.74) is 6.30. The third kappa shape index (κ3) is 1.70. The number of aromatic nitrogens is 1. The van der Waals surface area contributed by atoms with E-state index in [4.69, 9.17) is 17.3 Å². The van der Waals surface area contributed by atoms with Gasteiger partial charge in [0.15, 0.2) is 0 Å². The molecule has 0 atom stereocenters. The summed E-state index contributed by atoms with van der Waals surface area (Å²) >= 11 is 5.78. The SMILES string of the molecule is Nc1cc(N2CCCC2)ncc1Cl. The topological polar surface area (TPSA) is 42.1 Å². The van der Waals surface area contributed by atoms with E-state index in [2.05, 4.69) is 9.88 Å². The molecule has 3 nitrogen and oxygen atoms in total. The van der Waals surface area contributed by atoms with Crippen molar-refractivity contribution in [1.29, 1.82) is 0 Å². The number of anilines is 2. The number of nitrogens with zero attached hydrogens (tertiary/aromatic N) is 2. The Balaban J connectivity index is 2.25. The van der Waals surface area contributed by atoms with Crippen molar-refractivity contribution in [3.05, 3.63) is 17.3 Å². The van der Waals surface area contributed by atoms with Crippen LogP contribution in [0.5, 0.6) is 0 Å². The van der Waals surface area contributed by atoms with Crippen molar-refractivity contribution >= 4 is 23.1 Å². The molecule has 0 amide bonds. The lowest BCUT2D eigenvalue weighted by atomic mass is 10.4. The molecule has 1 aliphatic rings. The van der Waals surface area contributed by atoms with Crippen molar-refractivity contribution in [2.75, 3.05) is 23.7 Å². The standard InChI is InChI=1S/C9H12ClN3/c10-7-6-12-9(5-8(7)11)13-3-1-2-4-13/h5-6H,1-4H2,(H2,11,12). The molecule has 0 unspecified atom stereocenters. The number of hydrogen-bond donors (Lipinski definition) is 1. The fourth-order valence-corrected chi connectivity index (χ4v) is 1.67. The number of nitrogens with two attached hydrogens (primary N) is 1. The monoisotopic (exact) mass is 197 g/mol. The van der Waals surface area contributed by atoms with Crippen molar-refractivity contribution in [3.63, 3.8) is 0 Å². The van der Waals surface area contributed by atoms with E-state index in [1.807, 2.05) is 6.07 Å². The van der Waals surface area contributed by atoms with Crippen LogP contribution in [0, 0.1) is 0 Å². The van der Waals surface area contributed by atoms with E-state index >= 15 is 0 Å². The van der Waals surface area contributed by atoms with Gasteiger partial charge in [0.25, 0.3) is 0 Å². The summed E-state index contributed by atoms with van der Waals surface area (Å²) in [6.07, 6.45) is 4.10. The van der Waals surface area contributed by atoms with Crippen molar-refractivity contribution in [2.45, 2.75) is 12.8 Å². The minimum atomic E-state index is 0.531. The van der Waals surface area contributed by atoms with Crippen molar-refractivity contribution < 1.29 is 0 Å². The molecule has 0 aliphatic carbocycles. The van der Waals surface area contributed by atoms with Gasteiger partial charge in [-0.05, 0) is 12.8 Å². The molecule has 2 heterocycles. The highest BCUT2D eigenvalue weighted by molar-refractivity contribution is 6.32. The van der Waals surface area contributed by atoms with Crippen LogP contribution in [0.15, 0.2) is 12.3 Å². The molecule has 0 bridgehead atoms. The van der Waals surface area contributed by atoms with Gasteiger partial charge in [-0.15, -0.1) is 0 Å². The average molecular weight is 198 g/mol. The van der Waals surface area contributed by atoms with Gasteiger partial charge in [-0.3, -0.25) is 0 Å². The summed E-state index contributed by atoms with van der Waals surface area (Å²) in [4.78, 5) is 6.46. The van der Waals surface area contributed by atoms with Gasteiger partial charge in [0.2, 0.25) is 0 Å². The van der Waals surface area contributed by atoms with Crippen LogP contribution < -0.4 is 10.6 Å². The van der Waals surface area contributed by atoms with Crippen LogP contribution in [-0.4, -0.2) is 18.1 Å². The first-order chi connectivity index (χ1) is 6.27. The van der Waals surface area contributed by atoms with Crippen molar-refractivity contribution in [3.8, 4) is 0 Å². The Morgan fingerprint density at radius 3 is 2.69 bits per heavy atom. The van der Waals surface area contributed by atoms with E-state index in [1.165, 1.54) is 12.8 Å². The molecule has 1 aliphatic heterocycles. The van der Waals surface area contributed by atoms with Gasteiger partial charge >= 0.3 is 0 Å². The van der Waals surface area contributed by atoms with Gasteiger partial charge in [-0.1, -0.05) is 11.6 Å². The zero-order valence-corrected chi connectivity index (χ0v) is 8.09. The van der Waals surface area contributed by atoms with E-state index in [0.29, 0.717) is 10.7 Å². The van der Waals surface area contributed by atoms with E-state index in [-0.39, 0.29) is 0 Å². The molecule has 0 radical (unpaired) electrons. The second kappa shape index (κ2) is 3.42. The second-order valence-corrected chi connectivity index (χ2v) is 3.67. The quantitative estimate of drug-likeness (QED) is 0.748.